The van der Waals surface area contributed by atoms with E-state index in [0.29, 0.717) is 36.3 Å². The van der Waals surface area contributed by atoms with Gasteiger partial charge in [-0.25, -0.2) is 9.82 Å². The third kappa shape index (κ3) is 4.88. The summed E-state index contributed by atoms with van der Waals surface area (Å²) in [5.41, 5.74) is 6.30. The van der Waals surface area contributed by atoms with Crippen molar-refractivity contribution in [3.63, 3.8) is 0 Å². The van der Waals surface area contributed by atoms with E-state index in [0.717, 1.165) is 52.0 Å². The summed E-state index contributed by atoms with van der Waals surface area (Å²) in [6.45, 7) is 7.62. The van der Waals surface area contributed by atoms with Crippen LogP contribution in [0, 0.1) is 17.8 Å². The van der Waals surface area contributed by atoms with Crippen LogP contribution in [0.4, 0.5) is 4.39 Å². The molecular formula is C22H39FN4O. The molecule has 2 saturated heterocycles. The van der Waals surface area contributed by atoms with Gasteiger partial charge >= 0.3 is 0 Å². The highest BCUT2D eigenvalue weighted by Gasteiger charge is 2.39. The minimum Gasteiger partial charge on any atom is -0.301 e. The highest BCUT2D eigenvalue weighted by atomic mass is 19.1. The lowest BCUT2D eigenvalue weighted by Gasteiger charge is -2.47. The number of rotatable bonds is 4. The fourth-order valence-corrected chi connectivity index (χ4v) is 6.18. The molecule has 0 aromatic rings. The molecule has 160 valence electrons. The number of carbonyl (C=O) groups is 1. The van der Waals surface area contributed by atoms with Gasteiger partial charge in [-0.3, -0.25) is 15.1 Å². The summed E-state index contributed by atoms with van der Waals surface area (Å²) in [5, 5.41) is 0. The van der Waals surface area contributed by atoms with E-state index in [1.54, 1.807) is 0 Å². The number of hydrogen-bond donors (Lipinski definition) is 2. The summed E-state index contributed by atoms with van der Waals surface area (Å²) in [5.74, 6) is 1.98. The van der Waals surface area contributed by atoms with E-state index in [9.17, 15) is 9.18 Å². The molecular weight excluding hydrogens is 355 g/mol. The van der Waals surface area contributed by atoms with Gasteiger partial charge in [-0.05, 0) is 49.9 Å². The Morgan fingerprint density at radius 2 is 1.79 bits per heavy atom. The van der Waals surface area contributed by atoms with Gasteiger partial charge in [0.05, 0.1) is 0 Å². The maximum atomic E-state index is 13.6. The Labute approximate surface area is 169 Å². The van der Waals surface area contributed by atoms with Gasteiger partial charge in [-0.1, -0.05) is 26.2 Å². The Bertz CT molecular complexity index is 519. The van der Waals surface area contributed by atoms with E-state index in [1.165, 1.54) is 32.1 Å². The van der Waals surface area contributed by atoms with Gasteiger partial charge in [0.1, 0.15) is 6.17 Å². The first-order valence-corrected chi connectivity index (χ1v) is 11.7. The average Bonchev–Trinajstić information content (AvgIpc) is 2.71. The summed E-state index contributed by atoms with van der Waals surface area (Å²) in [4.78, 5) is 17.3. The van der Waals surface area contributed by atoms with Crippen molar-refractivity contribution < 1.29 is 9.18 Å². The molecule has 0 radical (unpaired) electrons. The van der Waals surface area contributed by atoms with Crippen LogP contribution < -0.4 is 10.9 Å². The number of hydrogen-bond acceptors (Lipinski definition) is 4. The highest BCUT2D eigenvalue weighted by molar-refractivity contribution is 5.77. The number of alkyl halides is 1. The van der Waals surface area contributed by atoms with E-state index in [2.05, 4.69) is 27.6 Å². The zero-order chi connectivity index (χ0) is 19.5. The summed E-state index contributed by atoms with van der Waals surface area (Å²) in [7, 11) is 0. The molecule has 0 bridgehead atoms. The van der Waals surface area contributed by atoms with Gasteiger partial charge in [0.15, 0.2) is 0 Å². The second-order valence-corrected chi connectivity index (χ2v) is 9.87. The van der Waals surface area contributed by atoms with Gasteiger partial charge in [0, 0.05) is 51.2 Å². The first kappa shape index (κ1) is 20.5. The lowest BCUT2D eigenvalue weighted by molar-refractivity contribution is -0.128. The van der Waals surface area contributed by atoms with Crippen LogP contribution in [0.25, 0.3) is 0 Å². The Kier molecular flexibility index (Phi) is 6.90. The standard InChI is InChI=1S/C22H39FN4O/c1-16-13-19(23)8-7-18(16)15-26-9-11-27(12-10-26)20-14-21(28)24-25-22(20)17-5-3-2-4-6-17/h16-20,22,25H,2-15H2,1H3,(H,24,28). The summed E-state index contributed by atoms with van der Waals surface area (Å²) >= 11 is 0. The number of carbonyl (C=O) groups excluding carboxylic acids is 1. The number of halogens is 1. The quantitative estimate of drug-likeness (QED) is 0.770. The van der Waals surface area contributed by atoms with Crippen molar-refractivity contribution in [3.8, 4) is 0 Å². The molecule has 2 N–H and O–H groups in total. The van der Waals surface area contributed by atoms with Crippen LogP contribution in [0.15, 0.2) is 0 Å². The fourth-order valence-electron chi connectivity index (χ4n) is 6.18. The molecule has 0 spiro atoms. The largest absolute Gasteiger partial charge is 0.301 e. The Hall–Kier alpha value is -0.720. The molecule has 4 fully saturated rings. The monoisotopic (exact) mass is 394 g/mol. The normalized spacial score (nSPS) is 39.6. The third-order valence-corrected chi connectivity index (χ3v) is 8.00. The molecule has 2 saturated carbocycles. The zero-order valence-corrected chi connectivity index (χ0v) is 17.5. The number of hydrazine groups is 1. The fraction of sp³-hybridized carbons (Fsp3) is 0.955. The molecule has 2 heterocycles. The van der Waals surface area contributed by atoms with Crippen molar-refractivity contribution >= 4 is 5.91 Å². The topological polar surface area (TPSA) is 47.6 Å². The van der Waals surface area contributed by atoms with Crippen LogP contribution in [0.1, 0.15) is 64.7 Å². The molecule has 5 nitrogen and oxygen atoms in total. The molecule has 28 heavy (non-hydrogen) atoms. The Balaban J connectivity index is 1.30. The Morgan fingerprint density at radius 3 is 2.50 bits per heavy atom. The lowest BCUT2D eigenvalue weighted by atomic mass is 9.79. The van der Waals surface area contributed by atoms with Gasteiger partial charge in [0.25, 0.3) is 0 Å². The van der Waals surface area contributed by atoms with Crippen LogP contribution in [0.3, 0.4) is 0 Å². The number of nitrogens with zero attached hydrogens (tertiary/aromatic N) is 2. The second-order valence-electron chi connectivity index (χ2n) is 9.87. The third-order valence-electron chi connectivity index (χ3n) is 8.00. The summed E-state index contributed by atoms with van der Waals surface area (Å²) < 4.78 is 13.6. The van der Waals surface area contributed by atoms with E-state index >= 15 is 0 Å². The minimum absolute atomic E-state index is 0.135. The summed E-state index contributed by atoms with van der Waals surface area (Å²) in [6, 6.07) is 0.726. The van der Waals surface area contributed by atoms with Crippen LogP contribution >= 0.6 is 0 Å². The molecule has 4 rings (SSSR count). The van der Waals surface area contributed by atoms with E-state index < -0.39 is 6.17 Å². The zero-order valence-electron chi connectivity index (χ0n) is 17.5. The Morgan fingerprint density at radius 1 is 1.04 bits per heavy atom. The van der Waals surface area contributed by atoms with Gasteiger partial charge < -0.3 is 4.90 Å². The van der Waals surface area contributed by atoms with Crippen LogP contribution in [0.5, 0.6) is 0 Å². The van der Waals surface area contributed by atoms with Crippen LogP contribution in [-0.2, 0) is 4.79 Å². The molecule has 1 amide bonds. The first-order chi connectivity index (χ1) is 13.6. The van der Waals surface area contributed by atoms with Crippen molar-refractivity contribution in [1.29, 1.82) is 0 Å². The summed E-state index contributed by atoms with van der Waals surface area (Å²) in [6.07, 6.45) is 9.19. The average molecular weight is 395 g/mol. The van der Waals surface area contributed by atoms with Crippen molar-refractivity contribution in [2.24, 2.45) is 17.8 Å². The predicted molar refractivity (Wildman–Crippen MR) is 109 cm³/mol. The number of piperazine rings is 1. The van der Waals surface area contributed by atoms with Crippen molar-refractivity contribution in [3.05, 3.63) is 0 Å². The van der Waals surface area contributed by atoms with Gasteiger partial charge in [0.2, 0.25) is 5.91 Å². The number of nitrogens with one attached hydrogen (secondary N) is 2. The second kappa shape index (κ2) is 9.40. The molecule has 5 atom stereocenters. The highest BCUT2D eigenvalue weighted by Crippen LogP contribution is 2.33. The van der Waals surface area contributed by atoms with Crippen LogP contribution in [-0.4, -0.2) is 66.7 Å². The maximum absolute atomic E-state index is 13.6. The molecule has 2 aliphatic heterocycles. The van der Waals surface area contributed by atoms with E-state index in [1.807, 2.05) is 0 Å². The smallest absolute Gasteiger partial charge is 0.235 e. The van der Waals surface area contributed by atoms with E-state index in [4.69, 9.17) is 0 Å². The predicted octanol–water partition coefficient (Wildman–Crippen LogP) is 2.72. The van der Waals surface area contributed by atoms with Gasteiger partial charge in [-0.15, -0.1) is 0 Å². The molecule has 2 aliphatic carbocycles. The molecule has 5 unspecified atom stereocenters. The van der Waals surface area contributed by atoms with Crippen molar-refractivity contribution in [1.82, 2.24) is 20.7 Å². The molecule has 4 aliphatic rings. The lowest BCUT2D eigenvalue weighted by Crippen LogP contribution is -2.66. The maximum Gasteiger partial charge on any atom is 0.235 e. The van der Waals surface area contributed by atoms with Gasteiger partial charge in [-0.2, -0.15) is 0 Å². The van der Waals surface area contributed by atoms with Crippen molar-refractivity contribution in [2.75, 3.05) is 32.7 Å². The molecule has 0 aromatic heterocycles. The van der Waals surface area contributed by atoms with E-state index in [-0.39, 0.29) is 5.91 Å². The van der Waals surface area contributed by atoms with Crippen molar-refractivity contribution in [2.45, 2.75) is 83.0 Å². The van der Waals surface area contributed by atoms with Crippen LogP contribution in [0.2, 0.25) is 0 Å². The minimum atomic E-state index is -0.579. The number of amides is 1. The molecule has 0 aromatic carbocycles. The molecule has 6 heteroatoms. The SMILES string of the molecule is CC1CC(F)CCC1CN1CCN(C2CC(=O)NNC2C2CCCCC2)CC1. The first-order valence-electron chi connectivity index (χ1n) is 11.7.